The van der Waals surface area contributed by atoms with Crippen LogP contribution in [0.25, 0.3) is 0 Å². The number of hydroxylamine groups is 1. The summed E-state index contributed by atoms with van der Waals surface area (Å²) in [5.74, 6) is 2.87. The molecule has 1 unspecified atom stereocenters. The van der Waals surface area contributed by atoms with Crippen molar-refractivity contribution < 1.29 is 28.6 Å². The van der Waals surface area contributed by atoms with Gasteiger partial charge in [0.05, 0.1) is 34.2 Å². The van der Waals surface area contributed by atoms with Crippen molar-refractivity contribution in [1.29, 1.82) is 0 Å². The van der Waals surface area contributed by atoms with Crippen molar-refractivity contribution in [3.05, 3.63) is 41.5 Å². The van der Waals surface area contributed by atoms with E-state index >= 15 is 0 Å². The maximum atomic E-state index is 5.67. The third kappa shape index (κ3) is 3.77. The molecule has 2 aromatic rings. The molecule has 0 saturated carbocycles. The van der Waals surface area contributed by atoms with Crippen molar-refractivity contribution >= 4 is 5.71 Å². The second kappa shape index (κ2) is 8.71. The lowest BCUT2D eigenvalue weighted by Gasteiger charge is -2.14. The Bertz CT molecular complexity index is 843. The van der Waals surface area contributed by atoms with Crippen LogP contribution in [0.15, 0.2) is 35.5 Å². The van der Waals surface area contributed by atoms with Gasteiger partial charge in [-0.25, -0.2) is 0 Å². The molecule has 3 rings (SSSR count). The van der Waals surface area contributed by atoms with Gasteiger partial charge in [-0.15, -0.1) is 0 Å². The van der Waals surface area contributed by atoms with Crippen LogP contribution in [-0.2, 0) is 4.84 Å². The summed E-state index contributed by atoms with van der Waals surface area (Å²) in [5, 5.41) is 4.27. The van der Waals surface area contributed by atoms with Gasteiger partial charge >= 0.3 is 0 Å². The molecule has 8 nitrogen and oxygen atoms in total. The monoisotopic (exact) mass is 388 g/mol. The predicted octanol–water partition coefficient (Wildman–Crippen LogP) is 3.10. The Morgan fingerprint density at radius 3 is 2.14 bits per heavy atom. The summed E-state index contributed by atoms with van der Waals surface area (Å²) in [6.07, 6.45) is 0.350. The molecule has 0 aromatic heterocycles. The Hall–Kier alpha value is -3.13. The fraction of sp³-hybridized carbons (Fsp3) is 0.350. The van der Waals surface area contributed by atoms with Crippen molar-refractivity contribution in [2.45, 2.75) is 12.5 Å². The second-order valence-corrected chi connectivity index (χ2v) is 5.97. The van der Waals surface area contributed by atoms with Crippen LogP contribution in [0.3, 0.4) is 0 Å². The van der Waals surface area contributed by atoms with E-state index in [0.717, 1.165) is 16.8 Å². The molecule has 1 N–H and O–H groups in total. The number of methoxy groups -OCH3 is 4. The zero-order valence-corrected chi connectivity index (χ0v) is 16.6. The van der Waals surface area contributed by atoms with Crippen molar-refractivity contribution in [1.82, 2.24) is 5.48 Å². The van der Waals surface area contributed by atoms with E-state index in [1.165, 1.54) is 0 Å². The molecule has 0 fully saturated rings. The minimum Gasteiger partial charge on any atom is -0.493 e. The first-order chi connectivity index (χ1) is 13.6. The third-order valence-electron chi connectivity index (χ3n) is 4.44. The Morgan fingerprint density at radius 2 is 1.57 bits per heavy atom. The highest BCUT2D eigenvalue weighted by atomic mass is 16.7. The van der Waals surface area contributed by atoms with Crippen LogP contribution in [0, 0.1) is 0 Å². The summed E-state index contributed by atoms with van der Waals surface area (Å²) in [6.45, 7) is 0. The first-order valence-electron chi connectivity index (χ1n) is 8.69. The molecule has 1 atom stereocenters. The minimum atomic E-state index is -0.237. The molecule has 150 valence electrons. The topological polar surface area (TPSA) is 79.8 Å². The molecule has 1 aliphatic heterocycles. The molecular formula is C20H24N2O6. The van der Waals surface area contributed by atoms with Gasteiger partial charge in [-0.1, -0.05) is 11.2 Å². The fourth-order valence-electron chi connectivity index (χ4n) is 3.06. The van der Waals surface area contributed by atoms with Gasteiger partial charge in [-0.2, -0.15) is 5.48 Å². The zero-order chi connectivity index (χ0) is 20.1. The van der Waals surface area contributed by atoms with Crippen LogP contribution in [-0.4, -0.2) is 41.2 Å². The quantitative estimate of drug-likeness (QED) is 0.696. The van der Waals surface area contributed by atoms with E-state index in [0.29, 0.717) is 35.2 Å². The van der Waals surface area contributed by atoms with Crippen molar-refractivity contribution in [3.63, 3.8) is 0 Å². The lowest BCUT2D eigenvalue weighted by molar-refractivity contribution is 0.0852. The summed E-state index contributed by atoms with van der Waals surface area (Å²) in [6, 6.07) is 9.35. The molecule has 0 saturated heterocycles. The second-order valence-electron chi connectivity index (χ2n) is 5.97. The van der Waals surface area contributed by atoms with Crippen molar-refractivity contribution in [2.75, 3.05) is 35.5 Å². The van der Waals surface area contributed by atoms with E-state index < -0.39 is 0 Å². The predicted molar refractivity (Wildman–Crippen MR) is 104 cm³/mol. The number of nitrogens with one attached hydrogen (secondary N) is 1. The van der Waals surface area contributed by atoms with Gasteiger partial charge in [-0.05, 0) is 29.8 Å². The Labute approximate surface area is 163 Å². The number of rotatable bonds is 8. The molecule has 1 heterocycles. The largest absolute Gasteiger partial charge is 0.493 e. The summed E-state index contributed by atoms with van der Waals surface area (Å²) in [5.41, 5.74) is 5.22. The van der Waals surface area contributed by atoms with Crippen LogP contribution < -0.4 is 29.3 Å². The van der Waals surface area contributed by atoms with Crippen LogP contribution in [0.1, 0.15) is 23.7 Å². The van der Waals surface area contributed by atoms with Crippen LogP contribution in [0.4, 0.5) is 0 Å². The maximum absolute atomic E-state index is 5.67. The first-order valence-corrected chi connectivity index (χ1v) is 8.69. The summed E-state index contributed by atoms with van der Waals surface area (Å²) in [4.78, 5) is 11.1. The zero-order valence-electron chi connectivity index (χ0n) is 16.6. The Balaban J connectivity index is 1.85. The molecule has 28 heavy (non-hydrogen) atoms. The highest BCUT2D eigenvalue weighted by Crippen LogP contribution is 2.41. The number of ether oxygens (including phenoxy) is 4. The van der Waals surface area contributed by atoms with E-state index in [2.05, 4.69) is 10.6 Å². The number of oxime groups is 1. The van der Waals surface area contributed by atoms with E-state index in [1.54, 1.807) is 35.5 Å². The summed E-state index contributed by atoms with van der Waals surface area (Å²) < 4.78 is 21.5. The van der Waals surface area contributed by atoms with Crippen LogP contribution in [0.5, 0.6) is 28.7 Å². The number of hydrogen-bond acceptors (Lipinski definition) is 8. The lowest BCUT2D eigenvalue weighted by Crippen LogP contribution is -2.12. The molecule has 0 amide bonds. The van der Waals surface area contributed by atoms with Gasteiger partial charge in [0.1, 0.15) is 0 Å². The summed E-state index contributed by atoms with van der Waals surface area (Å²) >= 11 is 0. The SMILES string of the molecule is CNOc1cc(C2CC(c3cc(OC)c(OC)c(OC)c3)=NO2)ccc1OC. The standard InChI is InChI=1S/C20H24N2O6/c1-21-27-17-8-12(6-7-15(17)23-2)16-11-14(22-28-16)13-9-18(24-3)20(26-5)19(10-13)25-4/h6-10,16,21H,11H2,1-5H3. The average molecular weight is 388 g/mol. The molecule has 0 bridgehead atoms. The number of nitrogens with zero attached hydrogens (tertiary/aromatic N) is 1. The van der Waals surface area contributed by atoms with Gasteiger partial charge in [-0.3, -0.25) is 0 Å². The van der Waals surface area contributed by atoms with Crippen LogP contribution in [0.2, 0.25) is 0 Å². The fourth-order valence-corrected chi connectivity index (χ4v) is 3.06. The average Bonchev–Trinajstić information content (AvgIpc) is 3.23. The van der Waals surface area contributed by atoms with E-state index in [4.69, 9.17) is 28.6 Å². The van der Waals surface area contributed by atoms with Gasteiger partial charge < -0.3 is 28.6 Å². The molecule has 8 heteroatoms. The van der Waals surface area contributed by atoms with Gasteiger partial charge in [0.15, 0.2) is 29.1 Å². The highest BCUT2D eigenvalue weighted by molar-refractivity contribution is 6.02. The maximum Gasteiger partial charge on any atom is 0.203 e. The van der Waals surface area contributed by atoms with Crippen molar-refractivity contribution in [2.24, 2.45) is 5.16 Å². The van der Waals surface area contributed by atoms with E-state index in [1.807, 2.05) is 30.3 Å². The molecule has 0 aliphatic carbocycles. The smallest absolute Gasteiger partial charge is 0.203 e. The highest BCUT2D eigenvalue weighted by Gasteiger charge is 2.27. The molecule has 1 aliphatic rings. The third-order valence-corrected chi connectivity index (χ3v) is 4.44. The van der Waals surface area contributed by atoms with Crippen molar-refractivity contribution in [3.8, 4) is 28.7 Å². The number of hydrogen-bond donors (Lipinski definition) is 1. The first kappa shape index (κ1) is 19.6. The number of benzene rings is 2. The minimum absolute atomic E-state index is 0.237. The lowest BCUT2D eigenvalue weighted by atomic mass is 9.99. The van der Waals surface area contributed by atoms with Gasteiger partial charge in [0.25, 0.3) is 0 Å². The molecule has 2 aromatic carbocycles. The van der Waals surface area contributed by atoms with Crippen LogP contribution >= 0.6 is 0 Å². The Morgan fingerprint density at radius 1 is 0.893 bits per heavy atom. The van der Waals surface area contributed by atoms with E-state index in [9.17, 15) is 0 Å². The van der Waals surface area contributed by atoms with E-state index in [-0.39, 0.29) is 6.10 Å². The molecular weight excluding hydrogens is 364 g/mol. The molecule has 0 radical (unpaired) electrons. The Kier molecular flexibility index (Phi) is 6.10. The van der Waals surface area contributed by atoms with Gasteiger partial charge in [0, 0.05) is 19.0 Å². The molecule has 0 spiro atoms. The van der Waals surface area contributed by atoms with Gasteiger partial charge in [0.2, 0.25) is 5.75 Å². The normalized spacial score (nSPS) is 15.5. The summed E-state index contributed by atoms with van der Waals surface area (Å²) in [7, 11) is 8.01.